The molecule has 1 aromatic heterocycles. The van der Waals surface area contributed by atoms with Crippen molar-refractivity contribution in [3.8, 4) is 0 Å². The number of hydrogen-bond donors (Lipinski definition) is 1. The van der Waals surface area contributed by atoms with Gasteiger partial charge in [-0.05, 0) is 49.2 Å². The van der Waals surface area contributed by atoms with Crippen molar-refractivity contribution in [1.82, 2.24) is 5.32 Å². The molecule has 1 amide bonds. The van der Waals surface area contributed by atoms with Crippen molar-refractivity contribution in [3.63, 3.8) is 0 Å². The van der Waals surface area contributed by atoms with E-state index in [0.29, 0.717) is 11.6 Å². The molecular weight excluding hydrogens is 486 g/mol. The Morgan fingerprint density at radius 2 is 1.67 bits per heavy atom. The van der Waals surface area contributed by atoms with Gasteiger partial charge in [-0.1, -0.05) is 34.8 Å². The van der Waals surface area contributed by atoms with Crippen molar-refractivity contribution in [2.75, 3.05) is 6.54 Å². The number of amides is 1. The van der Waals surface area contributed by atoms with Crippen LogP contribution >= 0.6 is 46.1 Å². The first-order chi connectivity index (χ1) is 13.8. The van der Waals surface area contributed by atoms with Gasteiger partial charge in [0.05, 0.1) is 36.9 Å². The summed E-state index contributed by atoms with van der Waals surface area (Å²) in [5.41, 5.74) is -1.30. The highest BCUT2D eigenvalue weighted by atomic mass is 35.5. The number of hydrogen-bond acceptors (Lipinski definition) is 4. The van der Waals surface area contributed by atoms with Crippen LogP contribution in [0.4, 0.5) is 13.2 Å². The third-order valence-electron chi connectivity index (χ3n) is 3.74. The molecule has 0 aliphatic rings. The van der Waals surface area contributed by atoms with Gasteiger partial charge in [-0.3, -0.25) is 14.4 Å². The fraction of sp³-hybridized carbons (Fsp3) is 0.211. The number of benzene rings is 1. The number of alkyl halides is 3. The first-order valence-electron chi connectivity index (χ1n) is 8.17. The summed E-state index contributed by atoms with van der Waals surface area (Å²) in [6.07, 6.45) is -4.47. The van der Waals surface area contributed by atoms with Crippen LogP contribution in [0.2, 0.25) is 15.1 Å². The minimum atomic E-state index is -4.88. The highest BCUT2D eigenvalue weighted by Gasteiger charge is 2.36. The Kier molecular flexibility index (Phi) is 7.74. The van der Waals surface area contributed by atoms with Crippen LogP contribution in [0.3, 0.4) is 0 Å². The van der Waals surface area contributed by atoms with Crippen LogP contribution in [0, 0.1) is 6.92 Å². The minimum absolute atomic E-state index is 0.0756. The van der Waals surface area contributed by atoms with E-state index in [9.17, 15) is 27.6 Å². The van der Waals surface area contributed by atoms with Crippen LogP contribution in [0.1, 0.15) is 37.4 Å². The van der Waals surface area contributed by atoms with E-state index in [-0.39, 0.29) is 37.2 Å². The fourth-order valence-corrected chi connectivity index (χ4v) is 3.95. The zero-order valence-electron chi connectivity index (χ0n) is 15.4. The van der Waals surface area contributed by atoms with Gasteiger partial charge in [0.15, 0.2) is 5.78 Å². The summed E-state index contributed by atoms with van der Waals surface area (Å²) >= 11 is 18.1. The monoisotopic (exact) mass is 497 g/mol. The maximum absolute atomic E-state index is 13.6. The van der Waals surface area contributed by atoms with Crippen molar-refractivity contribution < 1.29 is 27.6 Å². The normalized spacial score (nSPS) is 12.1. The molecule has 2 rings (SSSR count). The summed E-state index contributed by atoms with van der Waals surface area (Å²) in [6, 6.07) is 3.23. The van der Waals surface area contributed by atoms with Crippen LogP contribution in [-0.4, -0.2) is 30.2 Å². The van der Waals surface area contributed by atoms with Crippen LogP contribution in [-0.2, 0) is 4.79 Å². The van der Waals surface area contributed by atoms with Gasteiger partial charge in [-0.2, -0.15) is 13.2 Å². The molecular formula is C19H13Cl3F3NO3S. The highest BCUT2D eigenvalue weighted by molar-refractivity contribution is 7.16. The Morgan fingerprint density at radius 3 is 2.17 bits per heavy atom. The van der Waals surface area contributed by atoms with Gasteiger partial charge >= 0.3 is 6.18 Å². The second-order valence-electron chi connectivity index (χ2n) is 6.18. The molecule has 0 aliphatic carbocycles. The molecule has 0 fully saturated rings. The Labute approximate surface area is 188 Å². The molecule has 0 spiro atoms. The van der Waals surface area contributed by atoms with Gasteiger partial charge < -0.3 is 5.32 Å². The molecule has 1 aromatic carbocycles. The smallest absolute Gasteiger partial charge is 0.344 e. The number of halogens is 6. The van der Waals surface area contributed by atoms with Gasteiger partial charge in [-0.25, -0.2) is 0 Å². The zero-order valence-corrected chi connectivity index (χ0v) is 18.5. The predicted octanol–water partition coefficient (Wildman–Crippen LogP) is 6.16. The molecule has 30 heavy (non-hydrogen) atoms. The average molecular weight is 499 g/mol. The summed E-state index contributed by atoms with van der Waals surface area (Å²) in [4.78, 5) is 35.7. The van der Waals surface area contributed by atoms with E-state index >= 15 is 0 Å². The van der Waals surface area contributed by atoms with E-state index in [2.05, 4.69) is 5.32 Å². The summed E-state index contributed by atoms with van der Waals surface area (Å²) < 4.78 is 40.8. The van der Waals surface area contributed by atoms with Gasteiger partial charge in [0, 0.05) is 0 Å². The Balaban J connectivity index is 2.44. The Bertz CT molecular complexity index is 1040. The number of aryl methyl sites for hydroxylation is 1. The summed E-state index contributed by atoms with van der Waals surface area (Å²) in [5.74, 6) is -1.82. The molecule has 0 saturated carbocycles. The van der Waals surface area contributed by atoms with Crippen LogP contribution < -0.4 is 5.32 Å². The maximum atomic E-state index is 13.6. The molecule has 0 unspecified atom stereocenters. The second kappa shape index (κ2) is 9.51. The number of carbonyl (C=O) groups excluding carboxylic acids is 3. The highest BCUT2D eigenvalue weighted by Crippen LogP contribution is 2.39. The van der Waals surface area contributed by atoms with Crippen LogP contribution in [0.5, 0.6) is 0 Å². The van der Waals surface area contributed by atoms with Crippen LogP contribution in [0.15, 0.2) is 24.3 Å². The van der Waals surface area contributed by atoms with E-state index in [1.807, 2.05) is 0 Å². The van der Waals surface area contributed by atoms with E-state index in [1.165, 1.54) is 19.9 Å². The van der Waals surface area contributed by atoms with Crippen molar-refractivity contribution in [1.29, 1.82) is 0 Å². The average Bonchev–Trinajstić information content (AvgIpc) is 3.02. The Morgan fingerprint density at radius 1 is 1.10 bits per heavy atom. The molecule has 0 bridgehead atoms. The van der Waals surface area contributed by atoms with Crippen molar-refractivity contribution >= 4 is 69.2 Å². The van der Waals surface area contributed by atoms with E-state index in [4.69, 9.17) is 34.8 Å². The fourth-order valence-electron chi connectivity index (χ4n) is 2.36. The SMILES string of the molecule is CC(=O)CNC(=O)c1sc(C(=O)/C=C(/c2cc(Cl)c(Cl)c(Cl)c2)C(F)(F)F)cc1C. The first-order valence-corrected chi connectivity index (χ1v) is 10.1. The lowest BCUT2D eigenvalue weighted by atomic mass is 10.0. The van der Waals surface area contributed by atoms with E-state index in [1.54, 1.807) is 0 Å². The number of allylic oxidation sites excluding steroid dienone is 2. The molecule has 1 N–H and O–H groups in total. The van der Waals surface area contributed by atoms with Gasteiger partial charge in [0.2, 0.25) is 0 Å². The molecule has 0 aliphatic heterocycles. The lowest BCUT2D eigenvalue weighted by molar-refractivity contribution is -0.116. The lowest BCUT2D eigenvalue weighted by Gasteiger charge is -2.13. The third-order valence-corrected chi connectivity index (χ3v) is 6.19. The van der Waals surface area contributed by atoms with Crippen molar-refractivity contribution in [2.45, 2.75) is 20.0 Å². The number of ketones is 2. The number of rotatable bonds is 6. The molecule has 0 saturated heterocycles. The number of thiophene rings is 1. The van der Waals surface area contributed by atoms with Crippen LogP contribution in [0.25, 0.3) is 5.57 Å². The molecule has 2 aromatic rings. The van der Waals surface area contributed by atoms with E-state index < -0.39 is 29.0 Å². The summed E-state index contributed by atoms with van der Waals surface area (Å²) in [6.45, 7) is 2.62. The lowest BCUT2D eigenvalue weighted by Crippen LogP contribution is -2.27. The van der Waals surface area contributed by atoms with Gasteiger partial charge in [0.1, 0.15) is 5.78 Å². The van der Waals surface area contributed by atoms with Gasteiger partial charge in [-0.15, -0.1) is 11.3 Å². The minimum Gasteiger partial charge on any atom is -0.344 e. The number of carbonyl (C=O) groups is 3. The molecule has 11 heteroatoms. The zero-order chi connectivity index (χ0) is 22.8. The molecule has 160 valence electrons. The first kappa shape index (κ1) is 24.4. The second-order valence-corrected chi connectivity index (χ2v) is 8.43. The van der Waals surface area contributed by atoms with E-state index in [0.717, 1.165) is 23.5 Å². The summed E-state index contributed by atoms with van der Waals surface area (Å²) in [7, 11) is 0. The van der Waals surface area contributed by atoms with Crippen molar-refractivity contribution in [3.05, 3.63) is 60.2 Å². The molecule has 0 radical (unpaired) electrons. The predicted molar refractivity (Wildman–Crippen MR) is 112 cm³/mol. The quantitative estimate of drug-likeness (QED) is 0.295. The van der Waals surface area contributed by atoms with Crippen molar-refractivity contribution in [2.24, 2.45) is 0 Å². The number of Topliss-reactive ketones (excluding diaryl/α,β-unsaturated/α-hetero) is 1. The molecule has 0 atom stereocenters. The molecule has 4 nitrogen and oxygen atoms in total. The van der Waals surface area contributed by atoms with Gasteiger partial charge in [0.25, 0.3) is 5.91 Å². The third kappa shape index (κ3) is 5.85. The molecule has 1 heterocycles. The largest absolute Gasteiger partial charge is 0.417 e. The standard InChI is InChI=1S/C19H13Cl3F3NO3S/c1-8-3-15(30-17(8)18(29)26-7-9(2)27)14(28)6-11(19(23,24)25)10-4-12(20)16(22)13(21)5-10/h3-6H,7H2,1-2H3,(H,26,29)/b11-6-. The maximum Gasteiger partial charge on any atom is 0.417 e. The summed E-state index contributed by atoms with van der Waals surface area (Å²) in [5, 5.41) is 1.87. The topological polar surface area (TPSA) is 63.2 Å². The Hall–Kier alpha value is -1.87. The number of nitrogens with one attached hydrogen (secondary N) is 1.